The molecule has 184 valence electrons. The van der Waals surface area contributed by atoms with Gasteiger partial charge in [0.2, 0.25) is 0 Å². The van der Waals surface area contributed by atoms with Crippen LogP contribution >= 0.6 is 0 Å². The molecular weight excluding hydrogens is 458 g/mol. The number of carbonyl (C=O) groups is 1. The lowest BCUT2D eigenvalue weighted by Gasteiger charge is -2.40. The summed E-state index contributed by atoms with van der Waals surface area (Å²) in [5.74, 6) is -2.41. The van der Waals surface area contributed by atoms with E-state index in [9.17, 15) is 13.6 Å². The Balaban J connectivity index is 1.50. The molecule has 1 aliphatic heterocycles. The molecule has 0 radical (unpaired) electrons. The van der Waals surface area contributed by atoms with E-state index in [1.54, 1.807) is 11.1 Å². The van der Waals surface area contributed by atoms with E-state index in [1.165, 1.54) is 6.07 Å². The summed E-state index contributed by atoms with van der Waals surface area (Å²) in [6.07, 6.45) is 4.19. The summed E-state index contributed by atoms with van der Waals surface area (Å²) in [5, 5.41) is 1.10. The number of amides is 1. The molecule has 36 heavy (non-hydrogen) atoms. The Morgan fingerprint density at radius 1 is 1.00 bits per heavy atom. The van der Waals surface area contributed by atoms with Crippen LogP contribution in [-0.2, 0) is 16.8 Å². The van der Waals surface area contributed by atoms with E-state index in [4.69, 9.17) is 4.74 Å². The molecule has 4 aromatic rings. The van der Waals surface area contributed by atoms with Crippen LogP contribution in [0.2, 0.25) is 0 Å². The molecule has 1 atom stereocenters. The van der Waals surface area contributed by atoms with Crippen molar-refractivity contribution in [1.82, 2.24) is 9.88 Å². The number of benzene rings is 3. The highest BCUT2D eigenvalue weighted by molar-refractivity contribution is 5.96. The van der Waals surface area contributed by atoms with Crippen molar-refractivity contribution in [1.29, 1.82) is 0 Å². The van der Waals surface area contributed by atoms with Gasteiger partial charge in [-0.15, -0.1) is 0 Å². The van der Waals surface area contributed by atoms with Crippen molar-refractivity contribution in [2.45, 2.75) is 38.3 Å². The minimum absolute atomic E-state index is 0.0972. The molecule has 4 nitrogen and oxygen atoms in total. The summed E-state index contributed by atoms with van der Waals surface area (Å²) < 4.78 is 33.6. The molecular formula is C30H28F2N2O2. The molecule has 3 aromatic carbocycles. The van der Waals surface area contributed by atoms with E-state index in [-0.39, 0.29) is 17.5 Å². The lowest BCUT2D eigenvalue weighted by molar-refractivity contribution is 0.0584. The van der Waals surface area contributed by atoms with Crippen LogP contribution in [0.3, 0.4) is 0 Å². The van der Waals surface area contributed by atoms with Gasteiger partial charge in [0, 0.05) is 46.4 Å². The predicted molar refractivity (Wildman–Crippen MR) is 137 cm³/mol. The molecule has 0 saturated heterocycles. The first kappa shape index (κ1) is 23.9. The van der Waals surface area contributed by atoms with Crippen LogP contribution in [0.5, 0.6) is 0 Å². The average Bonchev–Trinajstić information content (AvgIpc) is 3.22. The third-order valence-electron chi connectivity index (χ3n) is 7.00. The average molecular weight is 487 g/mol. The van der Waals surface area contributed by atoms with Gasteiger partial charge in [-0.3, -0.25) is 4.79 Å². The minimum atomic E-state index is -1.04. The maximum atomic E-state index is 14.0. The van der Waals surface area contributed by atoms with E-state index >= 15 is 0 Å². The Kier molecular flexibility index (Phi) is 6.46. The number of halogens is 2. The van der Waals surface area contributed by atoms with Crippen molar-refractivity contribution in [3.8, 4) is 0 Å². The van der Waals surface area contributed by atoms with Crippen LogP contribution in [0.1, 0.15) is 47.4 Å². The van der Waals surface area contributed by atoms with Gasteiger partial charge < -0.3 is 14.6 Å². The van der Waals surface area contributed by atoms with Gasteiger partial charge in [-0.1, -0.05) is 62.4 Å². The topological polar surface area (TPSA) is 45.3 Å². The van der Waals surface area contributed by atoms with Gasteiger partial charge in [0.05, 0.1) is 6.61 Å². The molecule has 1 amide bonds. The maximum absolute atomic E-state index is 14.0. The molecule has 2 heterocycles. The molecule has 0 aliphatic carbocycles. The highest BCUT2D eigenvalue weighted by Gasteiger charge is 2.41. The molecule has 1 unspecified atom stereocenters. The first-order valence-corrected chi connectivity index (χ1v) is 12.0. The SMILES string of the molecule is CC1(C)c2c([nH]c3ccccc23)C=CN(C(=O)c2ccc(F)c(F)c2)C1CCOCc1ccccc1. The summed E-state index contributed by atoms with van der Waals surface area (Å²) >= 11 is 0. The molecule has 0 bridgehead atoms. The van der Waals surface area contributed by atoms with Gasteiger partial charge in [0.15, 0.2) is 11.6 Å². The van der Waals surface area contributed by atoms with Crippen molar-refractivity contribution in [2.24, 2.45) is 0 Å². The first-order valence-electron chi connectivity index (χ1n) is 12.0. The Hall–Kier alpha value is -3.77. The van der Waals surface area contributed by atoms with Crippen LogP contribution in [0.4, 0.5) is 8.78 Å². The van der Waals surface area contributed by atoms with E-state index in [0.29, 0.717) is 19.6 Å². The second kappa shape index (κ2) is 9.70. The van der Waals surface area contributed by atoms with E-state index in [2.05, 4.69) is 24.9 Å². The lowest BCUT2D eigenvalue weighted by Crippen LogP contribution is -2.48. The highest BCUT2D eigenvalue weighted by Crippen LogP contribution is 2.42. The zero-order valence-electron chi connectivity index (χ0n) is 20.3. The number of aromatic nitrogens is 1. The molecule has 1 aliphatic rings. The Bertz CT molecular complexity index is 1430. The number of ether oxygens (including phenoxy) is 1. The van der Waals surface area contributed by atoms with Crippen molar-refractivity contribution in [2.75, 3.05) is 6.61 Å². The van der Waals surface area contributed by atoms with Gasteiger partial charge in [0.1, 0.15) is 0 Å². The third-order valence-corrected chi connectivity index (χ3v) is 7.00. The van der Waals surface area contributed by atoms with Crippen LogP contribution in [-0.4, -0.2) is 28.4 Å². The number of hydrogen-bond donors (Lipinski definition) is 1. The van der Waals surface area contributed by atoms with Gasteiger partial charge in [-0.05, 0) is 47.9 Å². The largest absolute Gasteiger partial charge is 0.377 e. The zero-order valence-corrected chi connectivity index (χ0v) is 20.3. The highest BCUT2D eigenvalue weighted by atomic mass is 19.2. The van der Waals surface area contributed by atoms with E-state index in [0.717, 1.165) is 39.9 Å². The second-order valence-corrected chi connectivity index (χ2v) is 9.68. The van der Waals surface area contributed by atoms with Crippen molar-refractivity contribution >= 4 is 22.9 Å². The normalized spacial score (nSPS) is 16.7. The molecule has 6 heteroatoms. The summed E-state index contributed by atoms with van der Waals surface area (Å²) in [4.78, 5) is 18.8. The van der Waals surface area contributed by atoms with Crippen LogP contribution in [0.15, 0.2) is 79.0 Å². The van der Waals surface area contributed by atoms with Gasteiger partial charge >= 0.3 is 0 Å². The third kappa shape index (κ3) is 4.44. The number of para-hydroxylation sites is 1. The van der Waals surface area contributed by atoms with Crippen LogP contribution in [0.25, 0.3) is 17.0 Å². The number of fused-ring (bicyclic) bond motifs is 3. The van der Waals surface area contributed by atoms with E-state index < -0.39 is 17.0 Å². The van der Waals surface area contributed by atoms with Crippen LogP contribution in [0, 0.1) is 11.6 Å². The summed E-state index contributed by atoms with van der Waals surface area (Å²) in [5.41, 5.74) is 3.76. The van der Waals surface area contributed by atoms with Crippen molar-refractivity contribution in [3.05, 3.63) is 113 Å². The quantitative estimate of drug-likeness (QED) is 0.304. The van der Waals surface area contributed by atoms with Gasteiger partial charge in [-0.2, -0.15) is 0 Å². The standard InChI is InChI=1S/C30H28F2N2O2/c1-30(2)27(15-17-36-19-20-8-4-3-5-9-20)34(29(35)21-12-13-23(31)24(32)18-21)16-14-26-28(30)22-10-6-7-11-25(22)33-26/h3-14,16,18,27,33H,15,17,19H2,1-2H3. The molecule has 0 fully saturated rings. The molecule has 0 saturated carbocycles. The van der Waals surface area contributed by atoms with Gasteiger partial charge in [-0.25, -0.2) is 8.78 Å². The number of aromatic amines is 1. The number of H-pyrrole nitrogens is 1. The Morgan fingerprint density at radius 3 is 2.53 bits per heavy atom. The first-order chi connectivity index (χ1) is 17.4. The summed E-state index contributed by atoms with van der Waals surface area (Å²) in [7, 11) is 0. The number of carbonyl (C=O) groups excluding carboxylic acids is 1. The molecule has 1 aromatic heterocycles. The predicted octanol–water partition coefficient (Wildman–Crippen LogP) is 6.83. The van der Waals surface area contributed by atoms with Crippen molar-refractivity contribution < 1.29 is 18.3 Å². The smallest absolute Gasteiger partial charge is 0.258 e. The monoisotopic (exact) mass is 486 g/mol. The number of nitrogens with zero attached hydrogens (tertiary/aromatic N) is 1. The molecule has 1 N–H and O–H groups in total. The molecule has 5 rings (SSSR count). The minimum Gasteiger partial charge on any atom is -0.377 e. The summed E-state index contributed by atoms with van der Waals surface area (Å²) in [6, 6.07) is 21.0. The van der Waals surface area contributed by atoms with Gasteiger partial charge in [0.25, 0.3) is 5.91 Å². The van der Waals surface area contributed by atoms with E-state index in [1.807, 2.05) is 54.6 Å². The second-order valence-electron chi connectivity index (χ2n) is 9.68. The fraction of sp³-hybridized carbons (Fsp3) is 0.233. The Labute approximate surface area is 209 Å². The van der Waals surface area contributed by atoms with Crippen LogP contribution < -0.4 is 0 Å². The zero-order chi connectivity index (χ0) is 25.3. The molecule has 0 spiro atoms. The maximum Gasteiger partial charge on any atom is 0.258 e. The fourth-order valence-corrected chi connectivity index (χ4v) is 5.20. The summed E-state index contributed by atoms with van der Waals surface area (Å²) in [6.45, 7) is 5.13. The number of hydrogen-bond acceptors (Lipinski definition) is 2. The van der Waals surface area contributed by atoms with Crippen molar-refractivity contribution in [3.63, 3.8) is 0 Å². The fourth-order valence-electron chi connectivity index (χ4n) is 5.20. The Morgan fingerprint density at radius 2 is 1.75 bits per heavy atom. The number of nitrogens with one attached hydrogen (secondary N) is 1. The number of rotatable bonds is 6. The lowest BCUT2D eigenvalue weighted by atomic mass is 9.74.